The Morgan fingerprint density at radius 2 is 2.05 bits per heavy atom. The fourth-order valence-electron chi connectivity index (χ4n) is 2.16. The Labute approximate surface area is 118 Å². The third-order valence-corrected chi connectivity index (χ3v) is 3.44. The Kier molecular flexibility index (Phi) is 4.63. The first-order valence-electron chi connectivity index (χ1n) is 6.80. The molecule has 0 bridgehead atoms. The highest BCUT2D eigenvalue weighted by Crippen LogP contribution is 2.23. The number of hydrogen-bond acceptors (Lipinski definition) is 4. The molecule has 0 aromatic heterocycles. The molecule has 0 saturated heterocycles. The summed E-state index contributed by atoms with van der Waals surface area (Å²) < 4.78 is 0. The average molecular weight is 273 g/mol. The van der Waals surface area contributed by atoms with E-state index in [1.54, 1.807) is 24.3 Å². The quantitative estimate of drug-likeness (QED) is 0.870. The van der Waals surface area contributed by atoms with E-state index in [4.69, 9.17) is 5.73 Å². The number of nitrogens with two attached hydrogens (primary N) is 1. The molecule has 20 heavy (non-hydrogen) atoms. The fourth-order valence-corrected chi connectivity index (χ4v) is 2.16. The van der Waals surface area contributed by atoms with Crippen LogP contribution < -0.4 is 11.1 Å². The second-order valence-corrected chi connectivity index (χ2v) is 4.88. The summed E-state index contributed by atoms with van der Waals surface area (Å²) in [6.07, 6.45) is 1.32. The van der Waals surface area contributed by atoms with E-state index >= 15 is 0 Å². The van der Waals surface area contributed by atoms with Crippen molar-refractivity contribution < 1.29 is 9.59 Å². The van der Waals surface area contributed by atoms with E-state index in [-0.39, 0.29) is 17.6 Å². The third-order valence-electron chi connectivity index (χ3n) is 3.44. The van der Waals surface area contributed by atoms with E-state index in [9.17, 15) is 9.59 Å². The maximum Gasteiger partial charge on any atom is 0.251 e. The van der Waals surface area contributed by atoms with Gasteiger partial charge in [0.05, 0.1) is 11.6 Å². The van der Waals surface area contributed by atoms with Crippen LogP contribution in [0.5, 0.6) is 0 Å². The summed E-state index contributed by atoms with van der Waals surface area (Å²) in [5.41, 5.74) is 7.62. The zero-order valence-corrected chi connectivity index (χ0v) is 11.6. The molecular weight excluding hydrogens is 254 g/mol. The van der Waals surface area contributed by atoms with Gasteiger partial charge in [0.15, 0.2) is 0 Å². The zero-order chi connectivity index (χ0) is 14.5. The van der Waals surface area contributed by atoms with Gasteiger partial charge in [-0.15, -0.1) is 0 Å². The van der Waals surface area contributed by atoms with Gasteiger partial charge < -0.3 is 11.1 Å². The molecule has 5 nitrogen and oxygen atoms in total. The number of rotatable bonds is 4. The van der Waals surface area contributed by atoms with Crippen LogP contribution in [0.3, 0.4) is 0 Å². The molecule has 1 saturated carbocycles. The van der Waals surface area contributed by atoms with Crippen LogP contribution in [0.15, 0.2) is 29.3 Å². The Morgan fingerprint density at radius 3 is 2.60 bits per heavy atom. The minimum atomic E-state index is -0.140. The van der Waals surface area contributed by atoms with Gasteiger partial charge in [-0.1, -0.05) is 6.92 Å². The van der Waals surface area contributed by atoms with Crippen molar-refractivity contribution >= 4 is 23.1 Å². The predicted molar refractivity (Wildman–Crippen MR) is 78.3 cm³/mol. The first-order chi connectivity index (χ1) is 9.61. The second kappa shape index (κ2) is 6.43. The van der Waals surface area contributed by atoms with E-state index in [1.165, 1.54) is 0 Å². The van der Waals surface area contributed by atoms with Gasteiger partial charge >= 0.3 is 0 Å². The third kappa shape index (κ3) is 3.30. The van der Waals surface area contributed by atoms with Gasteiger partial charge in [0.25, 0.3) is 5.91 Å². The number of nitrogens with one attached hydrogen (secondary N) is 1. The SMILES string of the molecule is CC1C(=O)CCC1=Nc1ccc(C(=O)NCCN)cc1. The second-order valence-electron chi connectivity index (χ2n) is 4.88. The highest BCUT2D eigenvalue weighted by Gasteiger charge is 2.26. The maximum atomic E-state index is 11.7. The van der Waals surface area contributed by atoms with Gasteiger partial charge in [-0.2, -0.15) is 0 Å². The van der Waals surface area contributed by atoms with Crippen LogP contribution in [0.1, 0.15) is 30.1 Å². The highest BCUT2D eigenvalue weighted by atomic mass is 16.1. The molecule has 1 atom stereocenters. The molecule has 2 rings (SSSR count). The number of carbonyl (C=O) groups excluding carboxylic acids is 2. The molecule has 1 unspecified atom stereocenters. The van der Waals surface area contributed by atoms with Gasteiger partial charge in [-0.05, 0) is 30.7 Å². The molecule has 1 amide bonds. The van der Waals surface area contributed by atoms with Crippen molar-refractivity contribution in [3.8, 4) is 0 Å². The molecule has 1 aromatic rings. The molecule has 1 aliphatic carbocycles. The van der Waals surface area contributed by atoms with Gasteiger partial charge in [0, 0.05) is 30.8 Å². The zero-order valence-electron chi connectivity index (χ0n) is 11.6. The van der Waals surface area contributed by atoms with Crippen molar-refractivity contribution in [2.24, 2.45) is 16.6 Å². The Bertz CT molecular complexity index is 535. The lowest BCUT2D eigenvalue weighted by atomic mass is 10.1. The topological polar surface area (TPSA) is 84.5 Å². The minimum absolute atomic E-state index is 0.0810. The van der Waals surface area contributed by atoms with Gasteiger partial charge in [-0.3, -0.25) is 14.6 Å². The molecule has 0 aliphatic heterocycles. The van der Waals surface area contributed by atoms with Gasteiger partial charge in [0.2, 0.25) is 0 Å². The fraction of sp³-hybridized carbons (Fsp3) is 0.400. The first-order valence-corrected chi connectivity index (χ1v) is 6.80. The van der Waals surface area contributed by atoms with Gasteiger partial charge in [0.1, 0.15) is 5.78 Å². The number of amides is 1. The lowest BCUT2D eigenvalue weighted by Crippen LogP contribution is -2.28. The number of hydrogen-bond donors (Lipinski definition) is 2. The molecule has 1 fully saturated rings. The summed E-state index contributed by atoms with van der Waals surface area (Å²) in [7, 11) is 0. The highest BCUT2D eigenvalue weighted by molar-refractivity contribution is 6.11. The summed E-state index contributed by atoms with van der Waals surface area (Å²) >= 11 is 0. The van der Waals surface area contributed by atoms with Crippen LogP contribution >= 0.6 is 0 Å². The van der Waals surface area contributed by atoms with Crippen LogP contribution in [-0.4, -0.2) is 30.5 Å². The van der Waals surface area contributed by atoms with E-state index in [0.717, 1.165) is 17.8 Å². The van der Waals surface area contributed by atoms with Crippen molar-refractivity contribution in [2.75, 3.05) is 13.1 Å². The predicted octanol–water partition coefficient (Wildman–Crippen LogP) is 1.45. The normalized spacial score (nSPS) is 20.4. The number of ketones is 1. The molecule has 0 radical (unpaired) electrons. The molecule has 1 aromatic carbocycles. The van der Waals surface area contributed by atoms with Crippen molar-refractivity contribution in [3.63, 3.8) is 0 Å². The van der Waals surface area contributed by atoms with Crippen LogP contribution in [0.4, 0.5) is 5.69 Å². The number of carbonyl (C=O) groups is 2. The molecular formula is C15H19N3O2. The van der Waals surface area contributed by atoms with Crippen molar-refractivity contribution in [2.45, 2.75) is 19.8 Å². The van der Waals surface area contributed by atoms with Crippen LogP contribution in [0, 0.1) is 5.92 Å². The average Bonchev–Trinajstić information content (AvgIpc) is 2.77. The summed E-state index contributed by atoms with van der Waals surface area (Å²) in [5.74, 6) is 0.0307. The van der Waals surface area contributed by atoms with E-state index in [2.05, 4.69) is 10.3 Å². The first kappa shape index (κ1) is 14.4. The van der Waals surface area contributed by atoms with Crippen molar-refractivity contribution in [3.05, 3.63) is 29.8 Å². The number of aliphatic imine (C=N–C) groups is 1. The van der Waals surface area contributed by atoms with E-state index in [1.807, 2.05) is 6.92 Å². The Balaban J connectivity index is 2.07. The van der Waals surface area contributed by atoms with Crippen molar-refractivity contribution in [1.29, 1.82) is 0 Å². The smallest absolute Gasteiger partial charge is 0.251 e. The summed E-state index contributed by atoms with van der Waals surface area (Å²) in [6.45, 7) is 2.77. The van der Waals surface area contributed by atoms with Gasteiger partial charge in [-0.25, -0.2) is 0 Å². The standard InChI is InChI=1S/C15H19N3O2/c1-10-13(6-7-14(10)19)18-12-4-2-11(3-5-12)15(20)17-9-8-16/h2-5,10H,6-9,16H2,1H3,(H,17,20). The lowest BCUT2D eigenvalue weighted by molar-refractivity contribution is -0.119. The molecule has 0 spiro atoms. The van der Waals surface area contributed by atoms with Crippen molar-refractivity contribution in [1.82, 2.24) is 5.32 Å². The Morgan fingerprint density at radius 1 is 1.35 bits per heavy atom. The molecule has 3 N–H and O–H groups in total. The Hall–Kier alpha value is -2.01. The monoisotopic (exact) mass is 273 g/mol. The maximum absolute atomic E-state index is 11.7. The number of benzene rings is 1. The van der Waals surface area contributed by atoms with E-state index in [0.29, 0.717) is 25.1 Å². The minimum Gasteiger partial charge on any atom is -0.351 e. The van der Waals surface area contributed by atoms with Crippen LogP contribution in [-0.2, 0) is 4.79 Å². The molecule has 106 valence electrons. The summed E-state index contributed by atoms with van der Waals surface area (Å²) in [6, 6.07) is 7.04. The summed E-state index contributed by atoms with van der Waals surface area (Å²) in [5, 5.41) is 2.71. The lowest BCUT2D eigenvalue weighted by Gasteiger charge is -2.05. The molecule has 5 heteroatoms. The molecule has 0 heterocycles. The largest absolute Gasteiger partial charge is 0.351 e. The number of nitrogens with zero attached hydrogens (tertiary/aromatic N) is 1. The summed E-state index contributed by atoms with van der Waals surface area (Å²) in [4.78, 5) is 27.7. The van der Waals surface area contributed by atoms with Crippen LogP contribution in [0.25, 0.3) is 0 Å². The van der Waals surface area contributed by atoms with E-state index < -0.39 is 0 Å². The number of Topliss-reactive ketones (excluding diaryl/α,β-unsaturated/α-hetero) is 1. The van der Waals surface area contributed by atoms with Crippen LogP contribution in [0.2, 0.25) is 0 Å². The molecule has 1 aliphatic rings.